The molecular weight excluding hydrogens is 362 g/mol. The van der Waals surface area contributed by atoms with E-state index in [4.69, 9.17) is 18.9 Å². The first-order valence-corrected chi connectivity index (χ1v) is 8.78. The highest BCUT2D eigenvalue weighted by Crippen LogP contribution is 2.30. The standard InChI is InChI=1S/C21H21NO6/c1-25-16-6-4-5-15(11-16)9-10-21(24)27-14-20(23)22-12-17-13-26-18-7-2-3-8-19(18)28-17/h2-11,17H,12-14H2,1H3,(H,22,23)/b10-9+/t17-/m1/s1. The molecule has 1 atom stereocenters. The summed E-state index contributed by atoms with van der Waals surface area (Å²) in [5, 5.41) is 2.67. The maximum absolute atomic E-state index is 11.9. The molecule has 0 aliphatic carbocycles. The van der Waals surface area contributed by atoms with Crippen molar-refractivity contribution >= 4 is 18.0 Å². The number of amides is 1. The van der Waals surface area contributed by atoms with E-state index in [1.54, 1.807) is 31.4 Å². The summed E-state index contributed by atoms with van der Waals surface area (Å²) in [6, 6.07) is 14.6. The Bertz CT molecular complexity index is 863. The third-order valence-corrected chi connectivity index (χ3v) is 3.95. The van der Waals surface area contributed by atoms with E-state index in [2.05, 4.69) is 5.32 Å². The van der Waals surface area contributed by atoms with Gasteiger partial charge in [0, 0.05) is 6.08 Å². The molecule has 0 saturated heterocycles. The fourth-order valence-corrected chi connectivity index (χ4v) is 2.54. The second kappa shape index (κ2) is 9.45. The summed E-state index contributed by atoms with van der Waals surface area (Å²) in [5.74, 6) is 0.991. The average molecular weight is 383 g/mol. The average Bonchev–Trinajstić information content (AvgIpc) is 2.74. The largest absolute Gasteiger partial charge is 0.497 e. The van der Waals surface area contributed by atoms with Gasteiger partial charge in [0.05, 0.1) is 13.7 Å². The molecule has 0 radical (unpaired) electrons. The zero-order valence-electron chi connectivity index (χ0n) is 15.4. The Morgan fingerprint density at radius 2 is 2.00 bits per heavy atom. The fraction of sp³-hybridized carbons (Fsp3) is 0.238. The molecule has 0 aromatic heterocycles. The van der Waals surface area contributed by atoms with Gasteiger partial charge in [0.1, 0.15) is 18.5 Å². The Labute approximate surface area is 162 Å². The SMILES string of the molecule is COc1cccc(/C=C/C(=O)OCC(=O)NC[C@@H]2COc3ccccc3O2)c1. The van der Waals surface area contributed by atoms with Gasteiger partial charge >= 0.3 is 5.97 Å². The van der Waals surface area contributed by atoms with Gasteiger partial charge in [-0.1, -0.05) is 24.3 Å². The Morgan fingerprint density at radius 1 is 1.18 bits per heavy atom. The van der Waals surface area contributed by atoms with E-state index in [0.29, 0.717) is 23.9 Å². The van der Waals surface area contributed by atoms with Crippen LogP contribution in [0.25, 0.3) is 6.08 Å². The molecule has 1 heterocycles. The lowest BCUT2D eigenvalue weighted by molar-refractivity contribution is -0.143. The zero-order chi connectivity index (χ0) is 19.8. The number of nitrogens with one attached hydrogen (secondary N) is 1. The number of rotatable bonds is 7. The number of fused-ring (bicyclic) bond motifs is 1. The van der Waals surface area contributed by atoms with E-state index in [1.807, 2.05) is 30.3 Å². The minimum absolute atomic E-state index is 0.254. The van der Waals surface area contributed by atoms with Crippen molar-refractivity contribution in [3.05, 3.63) is 60.2 Å². The van der Waals surface area contributed by atoms with Crippen molar-refractivity contribution in [1.82, 2.24) is 5.32 Å². The van der Waals surface area contributed by atoms with Crippen molar-refractivity contribution in [3.8, 4) is 17.2 Å². The van der Waals surface area contributed by atoms with Gasteiger partial charge in [0.25, 0.3) is 5.91 Å². The quantitative estimate of drug-likeness (QED) is 0.583. The lowest BCUT2D eigenvalue weighted by Gasteiger charge is -2.26. The molecule has 1 amide bonds. The number of hydrogen-bond donors (Lipinski definition) is 1. The van der Waals surface area contributed by atoms with Crippen molar-refractivity contribution in [2.24, 2.45) is 0 Å². The topological polar surface area (TPSA) is 83.1 Å². The predicted molar refractivity (Wildman–Crippen MR) is 102 cm³/mol. The van der Waals surface area contributed by atoms with Crippen LogP contribution >= 0.6 is 0 Å². The minimum Gasteiger partial charge on any atom is -0.497 e. The summed E-state index contributed by atoms with van der Waals surface area (Å²) >= 11 is 0. The highest BCUT2D eigenvalue weighted by molar-refractivity contribution is 5.89. The predicted octanol–water partition coefficient (Wildman–Crippen LogP) is 2.21. The summed E-state index contributed by atoms with van der Waals surface area (Å²) in [6.07, 6.45) is 2.55. The molecule has 7 nitrogen and oxygen atoms in total. The Kier molecular flexibility index (Phi) is 6.51. The van der Waals surface area contributed by atoms with Crippen LogP contribution in [0.3, 0.4) is 0 Å². The summed E-state index contributed by atoms with van der Waals surface area (Å²) in [6.45, 7) is 0.218. The van der Waals surface area contributed by atoms with Crippen molar-refractivity contribution in [2.75, 3.05) is 26.9 Å². The summed E-state index contributed by atoms with van der Waals surface area (Å²) in [5.41, 5.74) is 0.787. The second-order valence-corrected chi connectivity index (χ2v) is 6.02. The van der Waals surface area contributed by atoms with E-state index < -0.39 is 11.9 Å². The lowest BCUT2D eigenvalue weighted by Crippen LogP contribution is -2.42. The molecular formula is C21H21NO6. The molecule has 0 spiro atoms. The van der Waals surface area contributed by atoms with Crippen LogP contribution in [-0.4, -0.2) is 44.8 Å². The third-order valence-electron chi connectivity index (χ3n) is 3.95. The number of esters is 1. The molecule has 2 aromatic rings. The number of methoxy groups -OCH3 is 1. The number of carbonyl (C=O) groups is 2. The van der Waals surface area contributed by atoms with Gasteiger partial charge < -0.3 is 24.3 Å². The normalized spacial score (nSPS) is 15.1. The van der Waals surface area contributed by atoms with Crippen LogP contribution in [0.5, 0.6) is 17.2 Å². The second-order valence-electron chi connectivity index (χ2n) is 6.02. The molecule has 2 aromatic carbocycles. The van der Waals surface area contributed by atoms with Crippen LogP contribution in [0, 0.1) is 0 Å². The Morgan fingerprint density at radius 3 is 2.82 bits per heavy atom. The molecule has 1 N–H and O–H groups in total. The summed E-state index contributed by atoms with van der Waals surface area (Å²) in [7, 11) is 1.57. The van der Waals surface area contributed by atoms with Gasteiger partial charge in [-0.2, -0.15) is 0 Å². The fourth-order valence-electron chi connectivity index (χ4n) is 2.54. The van der Waals surface area contributed by atoms with Crippen molar-refractivity contribution in [2.45, 2.75) is 6.10 Å². The number of ether oxygens (including phenoxy) is 4. The van der Waals surface area contributed by atoms with Crippen LogP contribution in [0.4, 0.5) is 0 Å². The van der Waals surface area contributed by atoms with Crippen LogP contribution in [0.1, 0.15) is 5.56 Å². The Balaban J connectivity index is 1.38. The Hall–Kier alpha value is -3.48. The maximum atomic E-state index is 11.9. The zero-order valence-corrected chi connectivity index (χ0v) is 15.4. The minimum atomic E-state index is -0.607. The molecule has 0 fully saturated rings. The van der Waals surface area contributed by atoms with Gasteiger partial charge in [-0.15, -0.1) is 0 Å². The first kappa shape index (κ1) is 19.3. The van der Waals surface area contributed by atoms with Crippen LogP contribution < -0.4 is 19.5 Å². The summed E-state index contributed by atoms with van der Waals surface area (Å²) in [4.78, 5) is 23.6. The van der Waals surface area contributed by atoms with Gasteiger partial charge in [0.2, 0.25) is 0 Å². The summed E-state index contributed by atoms with van der Waals surface area (Å²) < 4.78 is 21.4. The molecule has 3 rings (SSSR count). The van der Waals surface area contributed by atoms with Gasteiger partial charge in [0.15, 0.2) is 18.1 Å². The first-order valence-electron chi connectivity index (χ1n) is 8.78. The molecule has 7 heteroatoms. The van der Waals surface area contributed by atoms with Crippen LogP contribution in [0.15, 0.2) is 54.6 Å². The van der Waals surface area contributed by atoms with Crippen LogP contribution in [-0.2, 0) is 14.3 Å². The van der Waals surface area contributed by atoms with E-state index in [9.17, 15) is 9.59 Å². The highest BCUT2D eigenvalue weighted by atomic mass is 16.6. The first-order chi connectivity index (χ1) is 13.6. The van der Waals surface area contributed by atoms with Crippen LogP contribution in [0.2, 0.25) is 0 Å². The van der Waals surface area contributed by atoms with Crippen molar-refractivity contribution in [3.63, 3.8) is 0 Å². The van der Waals surface area contributed by atoms with Gasteiger partial charge in [-0.25, -0.2) is 4.79 Å². The third kappa shape index (κ3) is 5.51. The van der Waals surface area contributed by atoms with E-state index in [0.717, 1.165) is 5.56 Å². The molecule has 0 saturated carbocycles. The molecule has 1 aliphatic rings. The van der Waals surface area contributed by atoms with E-state index >= 15 is 0 Å². The maximum Gasteiger partial charge on any atom is 0.331 e. The monoisotopic (exact) mass is 383 g/mol. The van der Waals surface area contributed by atoms with Gasteiger partial charge in [-0.05, 0) is 35.9 Å². The van der Waals surface area contributed by atoms with Gasteiger partial charge in [-0.3, -0.25) is 4.79 Å². The molecule has 1 aliphatic heterocycles. The number of hydrogen-bond acceptors (Lipinski definition) is 6. The molecule has 0 bridgehead atoms. The van der Waals surface area contributed by atoms with E-state index in [-0.39, 0.29) is 19.3 Å². The smallest absolute Gasteiger partial charge is 0.331 e. The highest BCUT2D eigenvalue weighted by Gasteiger charge is 2.21. The molecule has 28 heavy (non-hydrogen) atoms. The molecule has 146 valence electrons. The van der Waals surface area contributed by atoms with E-state index in [1.165, 1.54) is 6.08 Å². The number of benzene rings is 2. The number of carbonyl (C=O) groups excluding carboxylic acids is 2. The lowest BCUT2D eigenvalue weighted by atomic mass is 10.2. The molecule has 0 unspecified atom stereocenters. The number of para-hydroxylation sites is 2. The van der Waals surface area contributed by atoms with Crippen molar-refractivity contribution in [1.29, 1.82) is 0 Å². The van der Waals surface area contributed by atoms with Crippen molar-refractivity contribution < 1.29 is 28.5 Å².